The molecule has 114 valence electrons. The van der Waals surface area contributed by atoms with Crippen LogP contribution in [0.4, 0.5) is 0 Å². The number of benzene rings is 1. The third-order valence-corrected chi connectivity index (χ3v) is 4.75. The van der Waals surface area contributed by atoms with Crippen molar-refractivity contribution < 1.29 is 12.9 Å². The third-order valence-electron chi connectivity index (χ3n) is 3.64. The number of sulfone groups is 1. The van der Waals surface area contributed by atoms with Crippen molar-refractivity contribution >= 4 is 9.84 Å². The fraction of sp³-hybridized carbons (Fsp3) is 0.429. The molecule has 1 aromatic heterocycles. The predicted molar refractivity (Wildman–Crippen MR) is 79.3 cm³/mol. The summed E-state index contributed by atoms with van der Waals surface area (Å²) >= 11 is 0. The Morgan fingerprint density at radius 1 is 1.29 bits per heavy atom. The first kappa shape index (κ1) is 15.7. The maximum absolute atomic E-state index is 11.6. The van der Waals surface area contributed by atoms with Gasteiger partial charge in [-0.25, -0.2) is 8.42 Å². The summed E-state index contributed by atoms with van der Waals surface area (Å²) in [4.78, 5) is 4.53. The van der Waals surface area contributed by atoms with Crippen molar-refractivity contribution in [1.82, 2.24) is 10.1 Å². The average molecular weight is 309 g/mol. The molecule has 0 fully saturated rings. The first-order chi connectivity index (χ1) is 9.80. The second kappa shape index (κ2) is 5.57. The lowest BCUT2D eigenvalue weighted by atomic mass is 9.93. The number of hydrogen-bond acceptors (Lipinski definition) is 6. The van der Waals surface area contributed by atoms with E-state index in [0.717, 1.165) is 6.26 Å². The Balaban J connectivity index is 2.43. The summed E-state index contributed by atoms with van der Waals surface area (Å²) in [6.45, 7) is 3.92. The molecule has 2 N–H and O–H groups in total. The minimum absolute atomic E-state index is 0.213. The summed E-state index contributed by atoms with van der Waals surface area (Å²) in [5.74, 6) is 0.708. The van der Waals surface area contributed by atoms with Crippen molar-refractivity contribution in [2.45, 2.75) is 37.1 Å². The molecule has 0 saturated carbocycles. The lowest BCUT2D eigenvalue weighted by Crippen LogP contribution is -2.36. The number of aromatic nitrogens is 2. The van der Waals surface area contributed by atoms with E-state index in [-0.39, 0.29) is 10.8 Å². The second-order valence-corrected chi connectivity index (χ2v) is 7.10. The highest BCUT2D eigenvalue weighted by Crippen LogP contribution is 2.27. The van der Waals surface area contributed by atoms with Gasteiger partial charge in [-0.2, -0.15) is 4.98 Å². The summed E-state index contributed by atoms with van der Waals surface area (Å²) in [7, 11) is -3.28. The molecule has 0 aliphatic carbocycles. The van der Waals surface area contributed by atoms with Crippen LogP contribution < -0.4 is 5.73 Å². The summed E-state index contributed by atoms with van der Waals surface area (Å²) in [5.41, 5.74) is 6.16. The zero-order valence-electron chi connectivity index (χ0n) is 12.3. The van der Waals surface area contributed by atoms with E-state index < -0.39 is 15.4 Å². The van der Waals surface area contributed by atoms with Gasteiger partial charge in [-0.15, -0.1) is 0 Å². The lowest BCUT2D eigenvalue weighted by molar-refractivity contribution is 0.350. The first-order valence-corrected chi connectivity index (χ1v) is 8.63. The van der Waals surface area contributed by atoms with Gasteiger partial charge in [0.05, 0.1) is 10.4 Å². The first-order valence-electron chi connectivity index (χ1n) is 6.73. The zero-order chi connectivity index (χ0) is 15.7. The zero-order valence-corrected chi connectivity index (χ0v) is 13.1. The quantitative estimate of drug-likeness (QED) is 0.908. The molecule has 0 atom stereocenters. The van der Waals surface area contributed by atoms with Crippen molar-refractivity contribution in [3.8, 4) is 11.5 Å². The van der Waals surface area contributed by atoms with Gasteiger partial charge in [-0.1, -0.05) is 25.1 Å². The van der Waals surface area contributed by atoms with Crippen LogP contribution in [-0.4, -0.2) is 24.8 Å². The van der Waals surface area contributed by atoms with E-state index in [1.165, 1.54) is 12.1 Å². The molecular weight excluding hydrogens is 290 g/mol. The molecule has 21 heavy (non-hydrogen) atoms. The van der Waals surface area contributed by atoms with Crippen LogP contribution in [0, 0.1) is 0 Å². The Kier molecular flexibility index (Phi) is 4.15. The molecule has 0 radical (unpaired) electrons. The van der Waals surface area contributed by atoms with Gasteiger partial charge < -0.3 is 10.3 Å². The van der Waals surface area contributed by atoms with E-state index in [9.17, 15) is 8.42 Å². The molecular formula is C14H19N3O3S. The highest BCUT2D eigenvalue weighted by Gasteiger charge is 2.29. The van der Waals surface area contributed by atoms with Crippen molar-refractivity contribution in [2.75, 3.05) is 6.26 Å². The third kappa shape index (κ3) is 3.14. The minimum atomic E-state index is -3.28. The molecule has 0 spiro atoms. The Labute approximate surface area is 124 Å². The summed E-state index contributed by atoms with van der Waals surface area (Å²) in [6, 6.07) is 6.41. The lowest BCUT2D eigenvalue weighted by Gasteiger charge is -2.21. The Bertz CT molecular complexity index is 733. The van der Waals surface area contributed by atoms with Crippen LogP contribution in [0.5, 0.6) is 0 Å². The largest absolute Gasteiger partial charge is 0.334 e. The summed E-state index contributed by atoms with van der Waals surface area (Å²) in [5, 5.41) is 3.94. The molecule has 0 bridgehead atoms. The van der Waals surface area contributed by atoms with Gasteiger partial charge in [-0.3, -0.25) is 0 Å². The fourth-order valence-corrected chi connectivity index (χ4v) is 2.64. The van der Waals surface area contributed by atoms with Gasteiger partial charge >= 0.3 is 0 Å². The van der Waals surface area contributed by atoms with Crippen LogP contribution >= 0.6 is 0 Å². The molecule has 6 nitrogen and oxygen atoms in total. The molecule has 2 aromatic rings. The van der Waals surface area contributed by atoms with Crippen molar-refractivity contribution in [1.29, 1.82) is 0 Å². The Hall–Kier alpha value is -1.73. The van der Waals surface area contributed by atoms with Gasteiger partial charge in [0.2, 0.25) is 0 Å². The SMILES string of the molecule is CCC(N)(CC)c1noc(-c2cccc(S(C)(=O)=O)c2)n1. The maximum atomic E-state index is 11.6. The summed E-state index contributed by atoms with van der Waals surface area (Å²) in [6.07, 6.45) is 2.53. The minimum Gasteiger partial charge on any atom is -0.334 e. The van der Waals surface area contributed by atoms with Gasteiger partial charge in [0.1, 0.15) is 0 Å². The number of hydrogen-bond donors (Lipinski definition) is 1. The van der Waals surface area contributed by atoms with Crippen molar-refractivity contribution in [3.63, 3.8) is 0 Å². The Morgan fingerprint density at radius 3 is 2.52 bits per heavy atom. The highest BCUT2D eigenvalue weighted by molar-refractivity contribution is 7.90. The van der Waals surface area contributed by atoms with Gasteiger partial charge in [-0.05, 0) is 31.0 Å². The van der Waals surface area contributed by atoms with E-state index in [2.05, 4.69) is 10.1 Å². The number of rotatable bonds is 5. The van der Waals surface area contributed by atoms with Gasteiger partial charge in [0, 0.05) is 11.8 Å². The van der Waals surface area contributed by atoms with Gasteiger partial charge in [0.25, 0.3) is 5.89 Å². The standard InChI is InChI=1S/C14H19N3O3S/c1-4-14(15,5-2)13-16-12(20-17-13)10-7-6-8-11(9-10)21(3,18)19/h6-9H,4-5,15H2,1-3H3. The van der Waals surface area contributed by atoms with Crippen LogP contribution in [0.15, 0.2) is 33.7 Å². The molecule has 0 unspecified atom stereocenters. The van der Waals surface area contributed by atoms with Crippen molar-refractivity contribution in [3.05, 3.63) is 30.1 Å². The normalized spacial score (nSPS) is 12.6. The topological polar surface area (TPSA) is 99.1 Å². The maximum Gasteiger partial charge on any atom is 0.258 e. The average Bonchev–Trinajstić information content (AvgIpc) is 2.96. The van der Waals surface area contributed by atoms with Crippen LogP contribution in [0.25, 0.3) is 11.5 Å². The number of nitrogens with two attached hydrogens (primary N) is 1. The summed E-state index contributed by atoms with van der Waals surface area (Å²) < 4.78 is 28.4. The smallest absolute Gasteiger partial charge is 0.258 e. The molecule has 0 aliphatic rings. The van der Waals surface area contributed by atoms with Gasteiger partial charge in [0.15, 0.2) is 15.7 Å². The molecule has 2 rings (SSSR count). The van der Waals surface area contributed by atoms with E-state index in [1.807, 2.05) is 13.8 Å². The van der Waals surface area contributed by atoms with Crippen LogP contribution in [-0.2, 0) is 15.4 Å². The highest BCUT2D eigenvalue weighted by atomic mass is 32.2. The van der Waals surface area contributed by atoms with E-state index in [4.69, 9.17) is 10.3 Å². The van der Waals surface area contributed by atoms with Crippen LogP contribution in [0.1, 0.15) is 32.5 Å². The molecule has 1 aromatic carbocycles. The van der Waals surface area contributed by atoms with E-state index in [0.29, 0.717) is 24.2 Å². The molecule has 0 saturated heterocycles. The van der Waals surface area contributed by atoms with Crippen LogP contribution in [0.3, 0.4) is 0 Å². The molecule has 1 heterocycles. The van der Waals surface area contributed by atoms with Crippen molar-refractivity contribution in [2.24, 2.45) is 5.73 Å². The fourth-order valence-electron chi connectivity index (χ4n) is 1.97. The molecule has 7 heteroatoms. The molecule has 0 amide bonds. The monoisotopic (exact) mass is 309 g/mol. The Morgan fingerprint density at radius 2 is 1.95 bits per heavy atom. The molecule has 0 aliphatic heterocycles. The second-order valence-electron chi connectivity index (χ2n) is 5.09. The predicted octanol–water partition coefficient (Wildman–Crippen LogP) is 2.11. The van der Waals surface area contributed by atoms with E-state index in [1.54, 1.807) is 12.1 Å². The van der Waals surface area contributed by atoms with E-state index >= 15 is 0 Å². The number of nitrogens with zero attached hydrogens (tertiary/aromatic N) is 2. The van der Waals surface area contributed by atoms with Crippen LogP contribution in [0.2, 0.25) is 0 Å².